The van der Waals surface area contributed by atoms with Gasteiger partial charge in [0.25, 0.3) is 0 Å². The van der Waals surface area contributed by atoms with Gasteiger partial charge in [-0.1, -0.05) is 5.21 Å². The number of hydrogen-bond acceptors (Lipinski definition) is 5. The van der Waals surface area contributed by atoms with Crippen LogP contribution in [0.15, 0.2) is 12.4 Å². The van der Waals surface area contributed by atoms with Crippen molar-refractivity contribution in [3.05, 3.63) is 12.4 Å². The molecule has 120 valence electrons. The summed E-state index contributed by atoms with van der Waals surface area (Å²) in [6.45, 7) is 6.56. The number of morpholine rings is 1. The predicted molar refractivity (Wildman–Crippen MR) is 81.5 cm³/mol. The van der Waals surface area contributed by atoms with Crippen LogP contribution in [0, 0.1) is 5.92 Å². The third-order valence-corrected chi connectivity index (χ3v) is 6.60. The monoisotopic (exact) mass is 303 g/mol. The second kappa shape index (κ2) is 4.52. The molecule has 5 fully saturated rings. The lowest BCUT2D eigenvalue weighted by Gasteiger charge is -2.47. The molecule has 1 N–H and O–H groups in total. The van der Waals surface area contributed by atoms with E-state index in [-0.39, 0.29) is 5.54 Å². The van der Waals surface area contributed by atoms with Gasteiger partial charge in [-0.3, -0.25) is 4.90 Å². The van der Waals surface area contributed by atoms with Crippen LogP contribution in [0.5, 0.6) is 0 Å². The Bertz CT molecular complexity index is 549. The molecule has 2 atom stereocenters. The number of nitrogens with one attached hydrogen (secondary N) is 1. The highest BCUT2D eigenvalue weighted by Crippen LogP contribution is 2.52. The Morgan fingerprint density at radius 1 is 1.36 bits per heavy atom. The lowest BCUT2D eigenvalue weighted by atomic mass is 9.73. The third kappa shape index (κ3) is 1.83. The number of nitrogens with zero attached hydrogens (tertiary/aromatic N) is 4. The van der Waals surface area contributed by atoms with Crippen molar-refractivity contribution in [3.8, 4) is 0 Å². The van der Waals surface area contributed by atoms with E-state index in [0.29, 0.717) is 17.7 Å². The van der Waals surface area contributed by atoms with E-state index in [1.54, 1.807) is 6.20 Å². The van der Waals surface area contributed by atoms with Crippen molar-refractivity contribution in [2.24, 2.45) is 5.92 Å². The molecule has 2 aliphatic carbocycles. The van der Waals surface area contributed by atoms with Crippen LogP contribution < -0.4 is 5.32 Å². The van der Waals surface area contributed by atoms with E-state index in [4.69, 9.17) is 4.74 Å². The first kappa shape index (κ1) is 13.5. The Kier molecular flexibility index (Phi) is 2.77. The molecule has 3 saturated heterocycles. The van der Waals surface area contributed by atoms with E-state index in [2.05, 4.69) is 27.5 Å². The largest absolute Gasteiger partial charge is 0.374 e. The van der Waals surface area contributed by atoms with Crippen LogP contribution in [-0.2, 0) is 10.3 Å². The maximum Gasteiger partial charge on any atom is 0.0827 e. The van der Waals surface area contributed by atoms with Crippen LogP contribution in [-0.4, -0.2) is 63.8 Å². The summed E-state index contributed by atoms with van der Waals surface area (Å²) in [6.07, 6.45) is 9.22. The molecule has 0 amide bonds. The topological polar surface area (TPSA) is 55.2 Å². The molecule has 4 heterocycles. The summed E-state index contributed by atoms with van der Waals surface area (Å²) in [5.74, 6) is 0.955. The van der Waals surface area contributed by atoms with Gasteiger partial charge in [-0.05, 0) is 38.5 Å². The summed E-state index contributed by atoms with van der Waals surface area (Å²) < 4.78 is 8.21. The minimum atomic E-state index is 0.140. The first-order valence-electron chi connectivity index (χ1n) is 8.67. The molecule has 6 nitrogen and oxygen atoms in total. The van der Waals surface area contributed by atoms with Gasteiger partial charge in [-0.15, -0.1) is 5.10 Å². The van der Waals surface area contributed by atoms with Gasteiger partial charge in [-0.2, -0.15) is 0 Å². The van der Waals surface area contributed by atoms with Gasteiger partial charge < -0.3 is 10.1 Å². The standard InChI is InChI=1S/C16H25N5O/c1-12(16(2-3-16)21-5-4-18-19-21)17-8-14-10-20-9-13-6-15(20,7-13)11-22-14/h4-5,12-14,17H,2-3,6-11H2,1H3. The Morgan fingerprint density at radius 3 is 2.95 bits per heavy atom. The molecule has 0 aromatic carbocycles. The van der Waals surface area contributed by atoms with Crippen molar-refractivity contribution in [1.82, 2.24) is 25.2 Å². The number of aromatic nitrogens is 3. The van der Waals surface area contributed by atoms with Gasteiger partial charge in [0.2, 0.25) is 0 Å². The molecule has 2 saturated carbocycles. The molecule has 1 spiro atoms. The normalized spacial score (nSPS) is 40.0. The molecule has 2 unspecified atom stereocenters. The minimum Gasteiger partial charge on any atom is -0.374 e. The zero-order valence-electron chi connectivity index (χ0n) is 13.2. The van der Waals surface area contributed by atoms with Gasteiger partial charge in [0.05, 0.1) is 24.4 Å². The highest BCUT2D eigenvalue weighted by atomic mass is 16.5. The van der Waals surface area contributed by atoms with Gasteiger partial charge in [0.1, 0.15) is 0 Å². The molecule has 1 aromatic rings. The first-order valence-corrected chi connectivity index (χ1v) is 8.67. The zero-order chi connectivity index (χ0) is 14.8. The fraction of sp³-hybridized carbons (Fsp3) is 0.875. The van der Waals surface area contributed by atoms with Crippen LogP contribution in [0.4, 0.5) is 0 Å². The Balaban J connectivity index is 1.18. The summed E-state index contributed by atoms with van der Waals surface area (Å²) in [4.78, 5) is 2.70. The van der Waals surface area contributed by atoms with Gasteiger partial charge in [0, 0.05) is 37.4 Å². The maximum absolute atomic E-state index is 6.17. The zero-order valence-corrected chi connectivity index (χ0v) is 13.2. The van der Waals surface area contributed by atoms with E-state index in [9.17, 15) is 0 Å². The predicted octanol–water partition coefficient (Wildman–Crippen LogP) is 0.609. The van der Waals surface area contributed by atoms with E-state index in [1.807, 2.05) is 10.9 Å². The van der Waals surface area contributed by atoms with Crippen LogP contribution in [0.3, 0.4) is 0 Å². The van der Waals surface area contributed by atoms with E-state index < -0.39 is 0 Å². The van der Waals surface area contributed by atoms with E-state index in [0.717, 1.165) is 25.6 Å². The highest BCUT2D eigenvalue weighted by Gasteiger charge is 2.58. The van der Waals surface area contributed by atoms with Gasteiger partial charge >= 0.3 is 0 Å². The van der Waals surface area contributed by atoms with Crippen LogP contribution in [0.2, 0.25) is 0 Å². The lowest BCUT2D eigenvalue weighted by Crippen LogP contribution is -2.59. The number of ether oxygens (including phenoxy) is 1. The van der Waals surface area contributed by atoms with Crippen LogP contribution >= 0.6 is 0 Å². The third-order valence-electron chi connectivity index (χ3n) is 6.60. The number of hydrogen-bond donors (Lipinski definition) is 1. The van der Waals surface area contributed by atoms with Gasteiger partial charge in [-0.25, -0.2) is 4.68 Å². The smallest absolute Gasteiger partial charge is 0.0827 e. The summed E-state index contributed by atoms with van der Waals surface area (Å²) in [7, 11) is 0. The average molecular weight is 303 g/mol. The molecule has 22 heavy (non-hydrogen) atoms. The molecule has 1 aromatic heterocycles. The molecule has 3 aliphatic heterocycles. The maximum atomic E-state index is 6.17. The fourth-order valence-corrected chi connectivity index (χ4v) is 5.01. The van der Waals surface area contributed by atoms with E-state index >= 15 is 0 Å². The molecule has 6 rings (SSSR count). The quantitative estimate of drug-likeness (QED) is 0.864. The minimum absolute atomic E-state index is 0.140. The average Bonchev–Trinajstić information content (AvgIpc) is 2.91. The molecular weight excluding hydrogens is 278 g/mol. The molecule has 0 radical (unpaired) electrons. The molecule has 5 aliphatic rings. The number of rotatable bonds is 5. The molecule has 6 heteroatoms. The summed E-state index contributed by atoms with van der Waals surface area (Å²) in [5, 5.41) is 11.9. The molecular formula is C16H25N5O. The highest BCUT2D eigenvalue weighted by molar-refractivity contribution is 5.12. The van der Waals surface area contributed by atoms with Crippen molar-refractivity contribution < 1.29 is 4.74 Å². The van der Waals surface area contributed by atoms with Crippen molar-refractivity contribution in [3.63, 3.8) is 0 Å². The van der Waals surface area contributed by atoms with E-state index in [1.165, 1.54) is 32.2 Å². The van der Waals surface area contributed by atoms with Crippen molar-refractivity contribution in [2.45, 2.75) is 55.8 Å². The molecule has 2 bridgehead atoms. The second-order valence-electron chi connectivity index (χ2n) is 7.92. The van der Waals surface area contributed by atoms with Crippen molar-refractivity contribution >= 4 is 0 Å². The summed E-state index contributed by atoms with van der Waals surface area (Å²) in [6, 6.07) is 0.404. The van der Waals surface area contributed by atoms with Crippen molar-refractivity contribution in [1.29, 1.82) is 0 Å². The SMILES string of the molecule is CC(NCC1CN2CC3CC2(CO1)C3)C1(n2ccnn2)CC1. The Labute approximate surface area is 131 Å². The van der Waals surface area contributed by atoms with Crippen molar-refractivity contribution in [2.75, 3.05) is 26.2 Å². The summed E-state index contributed by atoms with van der Waals surface area (Å²) >= 11 is 0. The van der Waals surface area contributed by atoms with Crippen LogP contribution in [0.25, 0.3) is 0 Å². The Morgan fingerprint density at radius 2 is 2.23 bits per heavy atom. The Hall–Kier alpha value is -0.980. The van der Waals surface area contributed by atoms with Gasteiger partial charge in [0.15, 0.2) is 0 Å². The second-order valence-corrected chi connectivity index (χ2v) is 7.92. The van der Waals surface area contributed by atoms with Crippen LogP contribution in [0.1, 0.15) is 32.6 Å². The lowest BCUT2D eigenvalue weighted by molar-refractivity contribution is -0.103. The fourth-order valence-electron chi connectivity index (χ4n) is 5.01. The first-order chi connectivity index (χ1) is 10.7. The summed E-state index contributed by atoms with van der Waals surface area (Å²) in [5.41, 5.74) is 0.576.